The van der Waals surface area contributed by atoms with Gasteiger partial charge in [-0.25, -0.2) is 0 Å². The third kappa shape index (κ3) is 5.49. The van der Waals surface area contributed by atoms with Crippen molar-refractivity contribution >= 4 is 5.97 Å². The summed E-state index contributed by atoms with van der Waals surface area (Å²) in [6.45, 7) is 1.74. The van der Waals surface area contributed by atoms with Gasteiger partial charge in [-0.15, -0.1) is 0 Å². The molecule has 0 spiro atoms. The average Bonchev–Trinajstić information content (AvgIpc) is 2.67. The third-order valence-corrected chi connectivity index (χ3v) is 4.33. The van der Waals surface area contributed by atoms with Crippen LogP contribution in [0, 0.1) is 0 Å². The Bertz CT molecular complexity index is 715. The standard InChI is InChI=1S/C21H27NO4/c1-22(15-16-8-6-5-7-9-16)11-10-17-12-19(24-2)20(25-3)13-18(17)14-21(23)26-4/h5-9,12-13H,10-11,14-15H2,1-4H3. The number of nitrogens with zero attached hydrogens (tertiary/aromatic N) is 1. The minimum absolute atomic E-state index is 0.217. The molecule has 0 aliphatic heterocycles. The first-order valence-electron chi connectivity index (χ1n) is 8.60. The number of hydrogen-bond acceptors (Lipinski definition) is 5. The van der Waals surface area contributed by atoms with Gasteiger partial charge in [0, 0.05) is 13.1 Å². The van der Waals surface area contributed by atoms with Crippen LogP contribution in [0.3, 0.4) is 0 Å². The molecule has 0 bridgehead atoms. The molecule has 0 heterocycles. The van der Waals surface area contributed by atoms with Crippen LogP contribution in [0.1, 0.15) is 16.7 Å². The molecule has 0 aliphatic rings. The third-order valence-electron chi connectivity index (χ3n) is 4.33. The van der Waals surface area contributed by atoms with Crippen LogP contribution in [0.2, 0.25) is 0 Å². The van der Waals surface area contributed by atoms with Crippen LogP contribution in [0.4, 0.5) is 0 Å². The molecule has 0 aromatic heterocycles. The molecule has 0 fully saturated rings. The van der Waals surface area contributed by atoms with Crippen molar-refractivity contribution in [2.45, 2.75) is 19.4 Å². The highest BCUT2D eigenvalue weighted by Gasteiger charge is 2.15. The van der Waals surface area contributed by atoms with Crippen LogP contribution in [0.15, 0.2) is 42.5 Å². The second-order valence-electron chi connectivity index (χ2n) is 6.20. The Morgan fingerprint density at radius 1 is 0.962 bits per heavy atom. The van der Waals surface area contributed by atoms with Gasteiger partial charge in [-0.2, -0.15) is 0 Å². The lowest BCUT2D eigenvalue weighted by Gasteiger charge is -2.19. The average molecular weight is 357 g/mol. The fourth-order valence-corrected chi connectivity index (χ4v) is 2.87. The summed E-state index contributed by atoms with van der Waals surface area (Å²) in [5, 5.41) is 0. The zero-order chi connectivity index (χ0) is 18.9. The molecule has 0 N–H and O–H groups in total. The van der Waals surface area contributed by atoms with Crippen molar-refractivity contribution in [3.05, 3.63) is 59.2 Å². The number of hydrogen-bond donors (Lipinski definition) is 0. The van der Waals surface area contributed by atoms with Gasteiger partial charge in [-0.3, -0.25) is 4.79 Å². The molecule has 0 aliphatic carbocycles. The molecule has 2 aromatic carbocycles. The summed E-state index contributed by atoms with van der Waals surface area (Å²) in [6, 6.07) is 14.2. The number of benzene rings is 2. The molecule has 2 rings (SSSR count). The summed E-state index contributed by atoms with van der Waals surface area (Å²) in [5.74, 6) is 1.02. The van der Waals surface area contributed by atoms with E-state index in [1.54, 1.807) is 14.2 Å². The highest BCUT2D eigenvalue weighted by Crippen LogP contribution is 2.31. The normalized spacial score (nSPS) is 10.7. The number of carbonyl (C=O) groups is 1. The Hall–Kier alpha value is -2.53. The van der Waals surface area contributed by atoms with E-state index in [2.05, 4.69) is 24.1 Å². The minimum Gasteiger partial charge on any atom is -0.493 e. The number of carbonyl (C=O) groups excluding carboxylic acids is 1. The van der Waals surface area contributed by atoms with Crippen LogP contribution < -0.4 is 9.47 Å². The van der Waals surface area contributed by atoms with E-state index in [1.165, 1.54) is 12.7 Å². The van der Waals surface area contributed by atoms with Gasteiger partial charge in [-0.05, 0) is 42.3 Å². The topological polar surface area (TPSA) is 48.0 Å². The maximum absolute atomic E-state index is 11.8. The monoisotopic (exact) mass is 357 g/mol. The van der Waals surface area contributed by atoms with E-state index in [4.69, 9.17) is 14.2 Å². The summed E-state index contributed by atoms with van der Waals surface area (Å²) in [5.41, 5.74) is 3.24. The first-order chi connectivity index (χ1) is 12.6. The largest absolute Gasteiger partial charge is 0.493 e. The molecule has 140 valence electrons. The zero-order valence-corrected chi connectivity index (χ0v) is 16.0. The van der Waals surface area contributed by atoms with Crippen molar-refractivity contribution in [1.82, 2.24) is 4.90 Å². The molecule has 0 unspecified atom stereocenters. The summed E-state index contributed by atoms with van der Waals surface area (Å²) >= 11 is 0. The predicted molar refractivity (Wildman–Crippen MR) is 102 cm³/mol. The van der Waals surface area contributed by atoms with Crippen molar-refractivity contribution in [3.8, 4) is 11.5 Å². The van der Waals surface area contributed by atoms with Crippen molar-refractivity contribution in [1.29, 1.82) is 0 Å². The van der Waals surface area contributed by atoms with Gasteiger partial charge in [0.1, 0.15) is 0 Å². The van der Waals surface area contributed by atoms with Gasteiger partial charge in [0.25, 0.3) is 0 Å². The van der Waals surface area contributed by atoms with E-state index in [9.17, 15) is 4.79 Å². The van der Waals surface area contributed by atoms with E-state index in [0.717, 1.165) is 30.6 Å². The van der Waals surface area contributed by atoms with Crippen LogP contribution in [0.25, 0.3) is 0 Å². The van der Waals surface area contributed by atoms with Crippen molar-refractivity contribution in [3.63, 3.8) is 0 Å². The van der Waals surface area contributed by atoms with Crippen LogP contribution >= 0.6 is 0 Å². The number of esters is 1. The predicted octanol–water partition coefficient (Wildman–Crippen LogP) is 3.09. The number of rotatable bonds is 9. The maximum atomic E-state index is 11.8. The Morgan fingerprint density at radius 2 is 1.58 bits per heavy atom. The lowest BCUT2D eigenvalue weighted by Crippen LogP contribution is -2.21. The molecule has 0 amide bonds. The summed E-state index contributed by atoms with van der Waals surface area (Å²) < 4.78 is 15.6. The fraction of sp³-hybridized carbons (Fsp3) is 0.381. The molecule has 26 heavy (non-hydrogen) atoms. The molecule has 0 saturated carbocycles. The lowest BCUT2D eigenvalue weighted by molar-refractivity contribution is -0.139. The Morgan fingerprint density at radius 3 is 2.15 bits per heavy atom. The first kappa shape index (κ1) is 19.8. The second kappa shape index (κ2) is 9.82. The van der Waals surface area contributed by atoms with Gasteiger partial charge in [0.15, 0.2) is 11.5 Å². The first-order valence-corrected chi connectivity index (χ1v) is 8.60. The number of likely N-dealkylation sites (N-methyl/N-ethyl adjacent to an activating group) is 1. The van der Waals surface area contributed by atoms with Gasteiger partial charge in [-0.1, -0.05) is 30.3 Å². The number of ether oxygens (including phenoxy) is 3. The SMILES string of the molecule is COC(=O)Cc1cc(OC)c(OC)cc1CCN(C)Cc1ccccc1. The Balaban J connectivity index is 2.13. The van der Waals surface area contributed by atoms with Crippen LogP contribution in [0.5, 0.6) is 11.5 Å². The van der Waals surface area contributed by atoms with Gasteiger partial charge >= 0.3 is 5.97 Å². The quantitative estimate of drug-likeness (QED) is 0.646. The van der Waals surface area contributed by atoms with E-state index in [-0.39, 0.29) is 12.4 Å². The van der Waals surface area contributed by atoms with Crippen molar-refractivity contribution in [2.75, 3.05) is 34.9 Å². The van der Waals surface area contributed by atoms with E-state index >= 15 is 0 Å². The molecule has 5 nitrogen and oxygen atoms in total. The molecule has 0 radical (unpaired) electrons. The maximum Gasteiger partial charge on any atom is 0.309 e. The Kier molecular flexibility index (Phi) is 7.48. The van der Waals surface area contributed by atoms with Crippen LogP contribution in [-0.2, 0) is 28.9 Å². The van der Waals surface area contributed by atoms with Crippen molar-refractivity contribution in [2.24, 2.45) is 0 Å². The smallest absolute Gasteiger partial charge is 0.309 e. The van der Waals surface area contributed by atoms with Crippen LogP contribution in [-0.4, -0.2) is 45.8 Å². The molecule has 0 atom stereocenters. The highest BCUT2D eigenvalue weighted by atomic mass is 16.5. The highest BCUT2D eigenvalue weighted by molar-refractivity contribution is 5.73. The summed E-state index contributed by atoms with van der Waals surface area (Å²) in [6.07, 6.45) is 1.02. The molecular weight excluding hydrogens is 330 g/mol. The minimum atomic E-state index is -0.267. The second-order valence-corrected chi connectivity index (χ2v) is 6.20. The van der Waals surface area contributed by atoms with Crippen molar-refractivity contribution < 1.29 is 19.0 Å². The van der Waals surface area contributed by atoms with Gasteiger partial charge in [0.2, 0.25) is 0 Å². The molecule has 5 heteroatoms. The van der Waals surface area contributed by atoms with Gasteiger partial charge < -0.3 is 19.1 Å². The zero-order valence-electron chi connectivity index (χ0n) is 16.0. The molecular formula is C21H27NO4. The number of methoxy groups -OCH3 is 3. The summed E-state index contributed by atoms with van der Waals surface area (Å²) in [4.78, 5) is 14.0. The van der Waals surface area contributed by atoms with Gasteiger partial charge in [0.05, 0.1) is 27.8 Å². The molecule has 2 aromatic rings. The Labute approximate surface area is 155 Å². The van der Waals surface area contributed by atoms with E-state index in [1.807, 2.05) is 30.3 Å². The lowest BCUT2D eigenvalue weighted by atomic mass is 10.00. The van der Waals surface area contributed by atoms with E-state index in [0.29, 0.717) is 11.5 Å². The molecule has 0 saturated heterocycles. The fourth-order valence-electron chi connectivity index (χ4n) is 2.87. The summed E-state index contributed by atoms with van der Waals surface area (Å²) in [7, 11) is 6.69. The van der Waals surface area contributed by atoms with E-state index < -0.39 is 0 Å².